The monoisotopic (exact) mass is 615 g/mol. The molecule has 2 heterocycles. The lowest BCUT2D eigenvalue weighted by atomic mass is 9.90. The van der Waals surface area contributed by atoms with Gasteiger partial charge in [0, 0.05) is 50.9 Å². The van der Waals surface area contributed by atoms with E-state index in [-0.39, 0.29) is 0 Å². The zero-order valence-electron chi connectivity index (χ0n) is 22.2. The molecule has 0 amide bonds. The van der Waals surface area contributed by atoms with Crippen LogP contribution in [0.5, 0.6) is 0 Å². The van der Waals surface area contributed by atoms with E-state index in [4.69, 9.17) is 9.90 Å². The number of halogens is 9. The first kappa shape index (κ1) is 33.6. The predicted molar refractivity (Wildman–Crippen MR) is 134 cm³/mol. The Hall–Kier alpha value is -2.88. The van der Waals surface area contributed by atoms with Crippen molar-refractivity contribution in [3.8, 4) is 11.1 Å². The molecule has 2 aliphatic heterocycles. The first-order chi connectivity index (χ1) is 19.4. The summed E-state index contributed by atoms with van der Waals surface area (Å²) < 4.78 is 110. The molecule has 0 spiro atoms. The van der Waals surface area contributed by atoms with E-state index in [2.05, 4.69) is 15.1 Å². The number of piperazine rings is 1. The number of nitrogens with one attached hydrogen (secondary N) is 1. The van der Waals surface area contributed by atoms with Gasteiger partial charge in [0.25, 0.3) is 5.60 Å². The van der Waals surface area contributed by atoms with Crippen LogP contribution in [0.4, 0.5) is 39.5 Å². The van der Waals surface area contributed by atoms with Gasteiger partial charge in [0.15, 0.2) is 0 Å². The van der Waals surface area contributed by atoms with Crippen LogP contribution in [0, 0.1) is 0 Å². The van der Waals surface area contributed by atoms with Crippen molar-refractivity contribution in [1.82, 2.24) is 15.1 Å². The van der Waals surface area contributed by atoms with Crippen LogP contribution in [0.1, 0.15) is 24.0 Å². The fraction of sp³-hybridized carbons (Fsp3) is 0.519. The Labute approximate surface area is 235 Å². The Kier molecular flexibility index (Phi) is 10.6. The molecule has 2 aliphatic rings. The molecule has 0 aliphatic carbocycles. The van der Waals surface area contributed by atoms with E-state index < -0.39 is 35.7 Å². The second kappa shape index (κ2) is 13.2. The SMILES string of the molecule is O=C(O)C(F)(F)F.OC(c1ccc(-c2ccc(CN3CCN(CC4CCCN4)CC3)cc2)cc1)(C(F)(F)F)C(F)(F)F. The first-order valence-electron chi connectivity index (χ1n) is 13.0. The van der Waals surface area contributed by atoms with Gasteiger partial charge in [-0.15, -0.1) is 0 Å². The smallest absolute Gasteiger partial charge is 0.475 e. The number of rotatable bonds is 6. The summed E-state index contributed by atoms with van der Waals surface area (Å²) in [6, 6.07) is 11.7. The number of carboxylic acids is 1. The summed E-state index contributed by atoms with van der Waals surface area (Å²) in [7, 11) is 0. The predicted octanol–water partition coefficient (Wildman–Crippen LogP) is 5.17. The summed E-state index contributed by atoms with van der Waals surface area (Å²) >= 11 is 0. The lowest BCUT2D eigenvalue weighted by Gasteiger charge is -2.36. The molecule has 234 valence electrons. The highest BCUT2D eigenvalue weighted by Crippen LogP contribution is 2.50. The molecule has 0 bridgehead atoms. The van der Waals surface area contributed by atoms with Crippen LogP contribution < -0.4 is 5.32 Å². The van der Waals surface area contributed by atoms with E-state index in [1.54, 1.807) is 12.1 Å². The Morgan fingerprint density at radius 1 is 0.786 bits per heavy atom. The van der Waals surface area contributed by atoms with Gasteiger partial charge in [-0.1, -0.05) is 48.5 Å². The van der Waals surface area contributed by atoms with Crippen LogP contribution >= 0.6 is 0 Å². The van der Waals surface area contributed by atoms with Crippen LogP contribution in [0.25, 0.3) is 11.1 Å². The molecule has 2 aromatic rings. The summed E-state index contributed by atoms with van der Waals surface area (Å²) in [5.41, 5.74) is -3.97. The summed E-state index contributed by atoms with van der Waals surface area (Å²) in [5.74, 6) is -2.76. The van der Waals surface area contributed by atoms with Gasteiger partial charge in [0.05, 0.1) is 0 Å². The third-order valence-electron chi connectivity index (χ3n) is 7.16. The van der Waals surface area contributed by atoms with Gasteiger partial charge in [0.2, 0.25) is 0 Å². The Balaban J connectivity index is 0.000000616. The van der Waals surface area contributed by atoms with E-state index in [1.807, 2.05) is 12.1 Å². The van der Waals surface area contributed by atoms with E-state index in [0.29, 0.717) is 29.3 Å². The molecule has 0 saturated carbocycles. The van der Waals surface area contributed by atoms with Crippen molar-refractivity contribution in [3.63, 3.8) is 0 Å². The van der Waals surface area contributed by atoms with Crippen molar-refractivity contribution in [2.45, 2.75) is 49.6 Å². The second-order valence-electron chi connectivity index (χ2n) is 10.2. The molecule has 0 aromatic heterocycles. The van der Waals surface area contributed by atoms with Gasteiger partial charge < -0.3 is 15.5 Å². The summed E-state index contributed by atoms with van der Waals surface area (Å²) in [4.78, 5) is 13.8. The van der Waals surface area contributed by atoms with E-state index in [0.717, 1.165) is 63.5 Å². The summed E-state index contributed by atoms with van der Waals surface area (Å²) in [6.07, 6.45) is -14.4. The Morgan fingerprint density at radius 2 is 1.24 bits per heavy atom. The number of hydrogen-bond donors (Lipinski definition) is 3. The molecule has 0 radical (unpaired) electrons. The third kappa shape index (κ3) is 8.36. The number of hydrogen-bond acceptors (Lipinski definition) is 5. The van der Waals surface area contributed by atoms with Gasteiger partial charge in [-0.2, -0.15) is 39.5 Å². The van der Waals surface area contributed by atoms with Crippen molar-refractivity contribution in [1.29, 1.82) is 0 Å². The van der Waals surface area contributed by atoms with Crippen LogP contribution in [0.15, 0.2) is 48.5 Å². The average molecular weight is 616 g/mol. The largest absolute Gasteiger partial charge is 0.490 e. The fourth-order valence-electron chi connectivity index (χ4n) is 4.81. The molecule has 2 aromatic carbocycles. The maximum Gasteiger partial charge on any atom is 0.490 e. The van der Waals surface area contributed by atoms with E-state index >= 15 is 0 Å². The van der Waals surface area contributed by atoms with Crippen molar-refractivity contribution in [3.05, 3.63) is 59.7 Å². The topological polar surface area (TPSA) is 76.0 Å². The van der Waals surface area contributed by atoms with Crippen LogP contribution in [0.2, 0.25) is 0 Å². The number of aliphatic hydroxyl groups is 1. The highest BCUT2D eigenvalue weighted by Gasteiger charge is 2.71. The van der Waals surface area contributed by atoms with Crippen LogP contribution in [0.3, 0.4) is 0 Å². The van der Waals surface area contributed by atoms with Gasteiger partial charge in [-0.05, 0) is 36.1 Å². The maximum atomic E-state index is 13.1. The van der Waals surface area contributed by atoms with Gasteiger partial charge in [0.1, 0.15) is 0 Å². The van der Waals surface area contributed by atoms with E-state index in [1.165, 1.54) is 12.8 Å². The Morgan fingerprint density at radius 3 is 1.64 bits per heavy atom. The van der Waals surface area contributed by atoms with Crippen LogP contribution in [-0.2, 0) is 16.9 Å². The number of benzene rings is 2. The highest BCUT2D eigenvalue weighted by molar-refractivity contribution is 5.73. The molecular formula is C27H30F9N3O3. The number of carboxylic acid groups (broad SMARTS) is 1. The lowest BCUT2D eigenvalue weighted by molar-refractivity contribution is -0.376. The normalized spacial score (nSPS) is 19.3. The molecule has 1 atom stereocenters. The summed E-state index contributed by atoms with van der Waals surface area (Å²) in [6.45, 7) is 6.95. The van der Waals surface area contributed by atoms with Crippen molar-refractivity contribution >= 4 is 5.97 Å². The molecule has 1 unspecified atom stereocenters. The molecule has 6 nitrogen and oxygen atoms in total. The third-order valence-corrected chi connectivity index (χ3v) is 7.16. The average Bonchev–Trinajstić information content (AvgIpc) is 3.41. The fourth-order valence-corrected chi connectivity index (χ4v) is 4.81. The zero-order chi connectivity index (χ0) is 31.3. The van der Waals surface area contributed by atoms with Gasteiger partial charge in [-0.25, -0.2) is 4.79 Å². The number of alkyl halides is 9. The quantitative estimate of drug-likeness (QED) is 0.390. The minimum absolute atomic E-state index is 0.459. The van der Waals surface area contributed by atoms with Crippen molar-refractivity contribution in [2.24, 2.45) is 0 Å². The maximum absolute atomic E-state index is 13.1. The zero-order valence-corrected chi connectivity index (χ0v) is 22.2. The first-order valence-corrected chi connectivity index (χ1v) is 13.0. The van der Waals surface area contributed by atoms with Crippen LogP contribution in [-0.4, -0.2) is 89.8 Å². The molecule has 4 rings (SSSR count). The molecule has 2 saturated heterocycles. The van der Waals surface area contributed by atoms with Gasteiger partial charge in [-0.3, -0.25) is 9.80 Å². The Bertz CT molecular complexity index is 1140. The molecule has 3 N–H and O–H groups in total. The van der Waals surface area contributed by atoms with Gasteiger partial charge >= 0.3 is 24.5 Å². The molecule has 42 heavy (non-hydrogen) atoms. The standard InChI is InChI=1S/C25H29F6N3O.C2HF3O2/c26-24(27,28)23(35,25(29,30)31)21-9-7-20(8-10-21)19-5-3-18(4-6-19)16-33-12-14-34(15-13-33)17-22-2-1-11-32-22;3-2(4,5)1(6)7/h3-10,22,32,35H,1-2,11-17H2;(H,6,7). The minimum atomic E-state index is -5.90. The molecule has 2 fully saturated rings. The number of carbonyl (C=O) groups is 1. The molecule has 15 heteroatoms. The summed E-state index contributed by atoms with van der Waals surface area (Å²) in [5, 5.41) is 20.2. The van der Waals surface area contributed by atoms with E-state index in [9.17, 15) is 44.6 Å². The minimum Gasteiger partial charge on any atom is -0.475 e. The number of aliphatic carboxylic acids is 1. The number of nitrogens with zero attached hydrogens (tertiary/aromatic N) is 2. The lowest BCUT2D eigenvalue weighted by Crippen LogP contribution is -2.53. The van der Waals surface area contributed by atoms with Crippen molar-refractivity contribution < 1.29 is 54.5 Å². The second-order valence-corrected chi connectivity index (χ2v) is 10.2. The highest BCUT2D eigenvalue weighted by atomic mass is 19.4. The van der Waals surface area contributed by atoms with Crippen molar-refractivity contribution in [2.75, 3.05) is 39.3 Å². The molecular weight excluding hydrogens is 585 g/mol.